The van der Waals surface area contributed by atoms with Gasteiger partial charge >= 0.3 is 0 Å². The average Bonchev–Trinajstić information content (AvgIpc) is 2.28. The Bertz CT molecular complexity index is 307. The van der Waals surface area contributed by atoms with Crippen LogP contribution in [0.3, 0.4) is 0 Å². The molecule has 0 aliphatic carbocycles. The summed E-state index contributed by atoms with van der Waals surface area (Å²) in [6.07, 6.45) is 8.00. The number of carbonyl (C=O) groups is 2. The van der Waals surface area contributed by atoms with Gasteiger partial charge in [-0.05, 0) is 19.8 Å². The first-order chi connectivity index (χ1) is 7.66. The largest absolute Gasteiger partial charge is 0.353 e. The first-order valence-corrected chi connectivity index (χ1v) is 5.67. The van der Waals surface area contributed by atoms with E-state index in [1.165, 1.54) is 0 Å². The van der Waals surface area contributed by atoms with Gasteiger partial charge in [0.05, 0.1) is 0 Å². The van der Waals surface area contributed by atoms with E-state index in [4.69, 9.17) is 6.42 Å². The van der Waals surface area contributed by atoms with Gasteiger partial charge in [-0.3, -0.25) is 9.59 Å². The van der Waals surface area contributed by atoms with E-state index >= 15 is 0 Å². The van der Waals surface area contributed by atoms with Crippen molar-refractivity contribution in [2.75, 3.05) is 13.1 Å². The van der Waals surface area contributed by atoms with Gasteiger partial charge in [0.15, 0.2) is 0 Å². The van der Waals surface area contributed by atoms with E-state index in [0.717, 1.165) is 12.8 Å². The van der Waals surface area contributed by atoms with E-state index in [-0.39, 0.29) is 17.9 Å². The van der Waals surface area contributed by atoms with Crippen LogP contribution in [-0.2, 0) is 9.59 Å². The molecule has 0 saturated carbocycles. The summed E-state index contributed by atoms with van der Waals surface area (Å²) in [7, 11) is 0. The van der Waals surface area contributed by atoms with Gasteiger partial charge in [0.2, 0.25) is 11.8 Å². The fourth-order valence-corrected chi connectivity index (χ4v) is 1.77. The molecular weight excluding hydrogens is 204 g/mol. The number of nitrogens with one attached hydrogen (secondary N) is 1. The van der Waals surface area contributed by atoms with Crippen LogP contribution in [0.4, 0.5) is 0 Å². The van der Waals surface area contributed by atoms with Crippen molar-refractivity contribution in [3.63, 3.8) is 0 Å². The average molecular weight is 222 g/mol. The lowest BCUT2D eigenvalue weighted by molar-refractivity contribution is -0.142. The zero-order valence-electron chi connectivity index (χ0n) is 9.66. The zero-order valence-corrected chi connectivity index (χ0v) is 9.66. The molecule has 1 saturated heterocycles. The maximum absolute atomic E-state index is 11.8. The second-order valence-electron chi connectivity index (χ2n) is 3.97. The van der Waals surface area contributed by atoms with Crippen LogP contribution in [0.2, 0.25) is 0 Å². The van der Waals surface area contributed by atoms with Crippen LogP contribution < -0.4 is 5.32 Å². The van der Waals surface area contributed by atoms with Crippen LogP contribution in [0.25, 0.3) is 0 Å². The highest BCUT2D eigenvalue weighted by molar-refractivity contribution is 5.88. The fraction of sp³-hybridized carbons (Fsp3) is 0.667. The predicted molar refractivity (Wildman–Crippen MR) is 61.5 cm³/mol. The number of carbonyl (C=O) groups excluding carboxylic acids is 2. The number of terminal acetylenes is 1. The van der Waals surface area contributed by atoms with Crippen molar-refractivity contribution in [3.05, 3.63) is 0 Å². The SMILES string of the molecule is C#CCCCCC(=O)N1CCNC(=O)C1C. The molecule has 0 radical (unpaired) electrons. The molecule has 0 aromatic rings. The molecule has 1 rings (SSSR count). The second kappa shape index (κ2) is 6.16. The Balaban J connectivity index is 2.35. The van der Waals surface area contributed by atoms with Crippen molar-refractivity contribution in [1.82, 2.24) is 10.2 Å². The van der Waals surface area contributed by atoms with Crippen LogP contribution in [0.1, 0.15) is 32.6 Å². The van der Waals surface area contributed by atoms with Crippen molar-refractivity contribution < 1.29 is 9.59 Å². The Morgan fingerprint density at radius 1 is 1.62 bits per heavy atom. The summed E-state index contributed by atoms with van der Waals surface area (Å²) < 4.78 is 0. The molecule has 4 nitrogen and oxygen atoms in total. The third kappa shape index (κ3) is 3.27. The highest BCUT2D eigenvalue weighted by Crippen LogP contribution is 2.09. The number of rotatable bonds is 4. The van der Waals surface area contributed by atoms with E-state index in [1.807, 2.05) is 0 Å². The van der Waals surface area contributed by atoms with Gasteiger partial charge in [-0.2, -0.15) is 0 Å². The predicted octanol–water partition coefficient (Wildman–Crippen LogP) is 0.527. The molecule has 4 heteroatoms. The maximum Gasteiger partial charge on any atom is 0.242 e. The van der Waals surface area contributed by atoms with Gasteiger partial charge in [0, 0.05) is 25.9 Å². The van der Waals surface area contributed by atoms with Crippen LogP contribution in [0.15, 0.2) is 0 Å². The third-order valence-electron chi connectivity index (χ3n) is 2.78. The second-order valence-corrected chi connectivity index (χ2v) is 3.97. The Labute approximate surface area is 96.4 Å². The molecule has 88 valence electrons. The molecule has 1 N–H and O–H groups in total. The fourth-order valence-electron chi connectivity index (χ4n) is 1.77. The van der Waals surface area contributed by atoms with Gasteiger partial charge in [-0.15, -0.1) is 12.3 Å². The minimum atomic E-state index is -0.339. The highest BCUT2D eigenvalue weighted by atomic mass is 16.2. The number of piperazine rings is 1. The van der Waals surface area contributed by atoms with E-state index in [0.29, 0.717) is 25.9 Å². The molecule has 1 fully saturated rings. The van der Waals surface area contributed by atoms with Crippen molar-refractivity contribution in [2.24, 2.45) is 0 Å². The summed E-state index contributed by atoms with van der Waals surface area (Å²) in [5.74, 6) is 2.54. The lowest BCUT2D eigenvalue weighted by Crippen LogP contribution is -2.55. The maximum atomic E-state index is 11.8. The molecule has 1 aliphatic heterocycles. The summed E-state index contributed by atoms with van der Waals surface area (Å²) >= 11 is 0. The van der Waals surface area contributed by atoms with Gasteiger partial charge in [0.25, 0.3) is 0 Å². The zero-order chi connectivity index (χ0) is 12.0. The highest BCUT2D eigenvalue weighted by Gasteiger charge is 2.28. The number of hydrogen-bond donors (Lipinski definition) is 1. The quantitative estimate of drug-likeness (QED) is 0.557. The standard InChI is InChI=1S/C12H18N2O2/c1-3-4-5-6-7-11(15)14-9-8-13-12(16)10(14)2/h1,10H,4-9H2,2H3,(H,13,16). The molecule has 1 aliphatic rings. The molecule has 0 aromatic heterocycles. The van der Waals surface area contributed by atoms with Gasteiger partial charge in [-0.1, -0.05) is 0 Å². The van der Waals surface area contributed by atoms with E-state index in [2.05, 4.69) is 11.2 Å². The topological polar surface area (TPSA) is 49.4 Å². The summed E-state index contributed by atoms with van der Waals surface area (Å²) in [5.41, 5.74) is 0. The molecule has 2 amide bonds. The minimum absolute atomic E-state index is 0.0550. The van der Waals surface area contributed by atoms with E-state index in [1.54, 1.807) is 11.8 Å². The molecule has 1 atom stereocenters. The van der Waals surface area contributed by atoms with Crippen LogP contribution in [0.5, 0.6) is 0 Å². The summed E-state index contributed by atoms with van der Waals surface area (Å²) in [6, 6.07) is -0.339. The van der Waals surface area contributed by atoms with Crippen molar-refractivity contribution in [3.8, 4) is 12.3 Å². The van der Waals surface area contributed by atoms with Crippen molar-refractivity contribution in [1.29, 1.82) is 0 Å². The number of unbranched alkanes of at least 4 members (excludes halogenated alkanes) is 2. The first-order valence-electron chi connectivity index (χ1n) is 5.67. The summed E-state index contributed by atoms with van der Waals surface area (Å²) in [4.78, 5) is 24.8. The van der Waals surface area contributed by atoms with E-state index < -0.39 is 0 Å². The normalized spacial score (nSPS) is 20.1. The number of nitrogens with zero attached hydrogens (tertiary/aromatic N) is 1. The molecule has 1 heterocycles. The minimum Gasteiger partial charge on any atom is -0.353 e. The Hall–Kier alpha value is -1.50. The number of hydrogen-bond acceptors (Lipinski definition) is 2. The van der Waals surface area contributed by atoms with Gasteiger partial charge in [0.1, 0.15) is 6.04 Å². The molecular formula is C12H18N2O2. The summed E-state index contributed by atoms with van der Waals surface area (Å²) in [6.45, 7) is 2.92. The van der Waals surface area contributed by atoms with Gasteiger partial charge < -0.3 is 10.2 Å². The molecule has 0 bridgehead atoms. The molecule has 0 spiro atoms. The van der Waals surface area contributed by atoms with Crippen LogP contribution in [0, 0.1) is 12.3 Å². The molecule has 16 heavy (non-hydrogen) atoms. The lowest BCUT2D eigenvalue weighted by atomic mass is 10.1. The Kier molecular flexibility index (Phi) is 4.84. The lowest BCUT2D eigenvalue weighted by Gasteiger charge is -2.32. The summed E-state index contributed by atoms with van der Waals surface area (Å²) in [5, 5.41) is 2.73. The molecule has 0 aromatic carbocycles. The Morgan fingerprint density at radius 3 is 3.06 bits per heavy atom. The Morgan fingerprint density at radius 2 is 2.38 bits per heavy atom. The monoisotopic (exact) mass is 222 g/mol. The van der Waals surface area contributed by atoms with E-state index in [9.17, 15) is 9.59 Å². The third-order valence-corrected chi connectivity index (χ3v) is 2.78. The van der Waals surface area contributed by atoms with Crippen LogP contribution in [-0.4, -0.2) is 35.8 Å². The number of amides is 2. The molecule has 1 unspecified atom stereocenters. The van der Waals surface area contributed by atoms with Crippen molar-refractivity contribution >= 4 is 11.8 Å². The van der Waals surface area contributed by atoms with Gasteiger partial charge in [-0.25, -0.2) is 0 Å². The van der Waals surface area contributed by atoms with Crippen LogP contribution >= 0.6 is 0 Å². The first kappa shape index (κ1) is 12.6. The smallest absolute Gasteiger partial charge is 0.242 e. The van der Waals surface area contributed by atoms with Crippen molar-refractivity contribution in [2.45, 2.75) is 38.6 Å².